The summed E-state index contributed by atoms with van der Waals surface area (Å²) in [5.41, 5.74) is 0.561. The number of rotatable bonds is 2. The van der Waals surface area contributed by atoms with Crippen molar-refractivity contribution in [2.24, 2.45) is 4.99 Å². The lowest BCUT2D eigenvalue weighted by Crippen LogP contribution is -2.38. The Morgan fingerprint density at radius 1 is 1.22 bits per heavy atom. The van der Waals surface area contributed by atoms with E-state index in [0.717, 1.165) is 0 Å². The molecule has 1 aromatic heterocycles. The average Bonchev–Trinajstić information content (AvgIpc) is 3.13. The predicted octanol–water partition coefficient (Wildman–Crippen LogP) is 3.58. The molecule has 9 heteroatoms. The number of hydrogen-bond donors (Lipinski definition) is 1. The second kappa shape index (κ2) is 8.52. The summed E-state index contributed by atoms with van der Waals surface area (Å²) in [5, 5.41) is 5.91. The van der Waals surface area contributed by atoms with Crippen LogP contribution in [0.3, 0.4) is 0 Å². The zero-order chi connectivity index (χ0) is 14.8. The first-order chi connectivity index (χ1) is 10.2. The molecule has 0 bridgehead atoms. The second-order valence-electron chi connectivity index (χ2n) is 4.36. The predicted molar refractivity (Wildman–Crippen MR) is 98.6 cm³/mol. The van der Waals surface area contributed by atoms with Gasteiger partial charge in [0.25, 0.3) is 5.91 Å². The van der Waals surface area contributed by atoms with E-state index in [1.807, 2.05) is 11.4 Å². The Hall–Kier alpha value is -1.31. The van der Waals surface area contributed by atoms with E-state index in [1.165, 1.54) is 11.3 Å². The molecule has 0 saturated heterocycles. The van der Waals surface area contributed by atoms with Gasteiger partial charge in [-0.3, -0.25) is 14.7 Å². The minimum atomic E-state index is -0.0723. The third-order valence-electron chi connectivity index (χ3n) is 3.02. The van der Waals surface area contributed by atoms with Crippen LogP contribution in [-0.2, 0) is 0 Å². The summed E-state index contributed by atoms with van der Waals surface area (Å²) in [6, 6.07) is 8.88. The van der Waals surface area contributed by atoms with Crippen LogP contribution < -0.4 is 5.32 Å². The monoisotopic (exact) mass is 393 g/mol. The van der Waals surface area contributed by atoms with Crippen molar-refractivity contribution >= 4 is 64.5 Å². The van der Waals surface area contributed by atoms with Gasteiger partial charge in [-0.05, 0) is 23.6 Å². The molecular weight excluding hydrogens is 381 g/mol. The van der Waals surface area contributed by atoms with E-state index in [0.29, 0.717) is 39.7 Å². The fourth-order valence-electron chi connectivity index (χ4n) is 2.01. The molecule has 0 aliphatic carbocycles. The third-order valence-corrected chi connectivity index (χ3v) is 4.51. The molecule has 5 nitrogen and oxygen atoms in total. The number of hydrogen-bond acceptors (Lipinski definition) is 4. The maximum absolute atomic E-state index is 12.4. The van der Waals surface area contributed by atoms with E-state index >= 15 is 0 Å². The van der Waals surface area contributed by atoms with E-state index in [-0.39, 0.29) is 23.8 Å². The highest BCUT2D eigenvalue weighted by atomic mass is 35.5. The van der Waals surface area contributed by atoms with Gasteiger partial charge in [-0.2, -0.15) is 0 Å². The van der Waals surface area contributed by atoms with E-state index in [1.54, 1.807) is 29.2 Å². The van der Waals surface area contributed by atoms with E-state index in [2.05, 4.69) is 10.3 Å². The minimum Gasteiger partial charge on any atom is -0.412 e. The number of carbonyl (C=O) groups excluding carboxylic acids is 1. The lowest BCUT2D eigenvalue weighted by atomic mass is 10.3. The fraction of sp³-hybridized carbons (Fsp3) is 0.143. The molecule has 0 fully saturated rings. The zero-order valence-corrected chi connectivity index (χ0v) is 14.9. The van der Waals surface area contributed by atoms with Gasteiger partial charge in [-0.1, -0.05) is 35.3 Å². The fourth-order valence-corrected chi connectivity index (χ4v) is 3.18. The topological polar surface area (TPSA) is 76.2 Å². The maximum atomic E-state index is 12.4. The van der Waals surface area contributed by atoms with Crippen molar-refractivity contribution in [1.29, 1.82) is 0 Å². The number of para-hydroxylation sites is 1. The van der Waals surface area contributed by atoms with Crippen molar-refractivity contribution in [3.63, 3.8) is 0 Å². The van der Waals surface area contributed by atoms with E-state index in [4.69, 9.17) is 23.2 Å². The number of aliphatic imine (C=N–C) groups is 1. The van der Waals surface area contributed by atoms with Crippen LogP contribution in [0.4, 0.5) is 5.69 Å². The van der Waals surface area contributed by atoms with Crippen molar-refractivity contribution in [3.8, 4) is 0 Å². The third kappa shape index (κ3) is 4.16. The molecule has 23 heavy (non-hydrogen) atoms. The van der Waals surface area contributed by atoms with Gasteiger partial charge in [0.05, 0.1) is 27.2 Å². The molecule has 0 radical (unpaired) electrons. The van der Waals surface area contributed by atoms with E-state index < -0.39 is 0 Å². The summed E-state index contributed by atoms with van der Waals surface area (Å²) in [6.07, 6.45) is 0. The molecule has 2 heterocycles. The lowest BCUT2D eigenvalue weighted by molar-refractivity contribution is 0.0862. The summed E-state index contributed by atoms with van der Waals surface area (Å²) < 4.78 is 0. The molecule has 0 spiro atoms. The van der Waals surface area contributed by atoms with Crippen molar-refractivity contribution in [1.82, 2.24) is 4.90 Å². The molecule has 124 valence electrons. The van der Waals surface area contributed by atoms with Crippen LogP contribution >= 0.6 is 46.9 Å². The molecule has 3 rings (SSSR count). The Balaban J connectivity index is 0.00000132. The van der Waals surface area contributed by atoms with Crippen molar-refractivity contribution in [2.45, 2.75) is 0 Å². The summed E-state index contributed by atoms with van der Waals surface area (Å²) in [6.45, 7) is 1.10. The molecule has 0 atom stereocenters. The lowest BCUT2D eigenvalue weighted by Gasteiger charge is -2.19. The van der Waals surface area contributed by atoms with Crippen molar-refractivity contribution in [3.05, 3.63) is 50.6 Å². The maximum Gasteiger partial charge on any atom is 0.270 e. The van der Waals surface area contributed by atoms with Crippen LogP contribution in [0.1, 0.15) is 9.67 Å². The van der Waals surface area contributed by atoms with Gasteiger partial charge in [0.1, 0.15) is 0 Å². The summed E-state index contributed by atoms with van der Waals surface area (Å²) >= 11 is 13.7. The molecule has 1 aliphatic heterocycles. The Morgan fingerprint density at radius 2 is 1.91 bits per heavy atom. The number of nitrogens with one attached hydrogen (secondary N) is 1. The highest BCUT2D eigenvalue weighted by Crippen LogP contribution is 2.30. The molecular formula is C14H14Cl3N3O2S. The normalized spacial score (nSPS) is 13.0. The van der Waals surface area contributed by atoms with E-state index in [9.17, 15) is 4.79 Å². The van der Waals surface area contributed by atoms with Crippen LogP contribution in [0, 0.1) is 0 Å². The quantitative estimate of drug-likeness (QED) is 0.845. The molecule has 3 N–H and O–H groups in total. The first-order valence-corrected chi connectivity index (χ1v) is 7.91. The highest BCUT2D eigenvalue weighted by molar-refractivity contribution is 7.12. The molecule has 1 aromatic carbocycles. The summed E-state index contributed by atoms with van der Waals surface area (Å²) in [4.78, 5) is 19.0. The zero-order valence-electron chi connectivity index (χ0n) is 11.8. The smallest absolute Gasteiger partial charge is 0.270 e. The van der Waals surface area contributed by atoms with Crippen LogP contribution in [0.25, 0.3) is 0 Å². The number of anilines is 1. The Morgan fingerprint density at radius 3 is 2.52 bits per heavy atom. The number of carbonyl (C=O) groups is 1. The second-order valence-corrected chi connectivity index (χ2v) is 6.12. The van der Waals surface area contributed by atoms with Crippen LogP contribution in [0.2, 0.25) is 10.0 Å². The van der Waals surface area contributed by atoms with Crippen molar-refractivity contribution in [2.75, 3.05) is 18.4 Å². The van der Waals surface area contributed by atoms with Gasteiger partial charge in [-0.25, -0.2) is 0 Å². The van der Waals surface area contributed by atoms with Gasteiger partial charge < -0.3 is 10.8 Å². The summed E-state index contributed by atoms with van der Waals surface area (Å²) in [5.74, 6) is 0.403. The van der Waals surface area contributed by atoms with Crippen LogP contribution in [-0.4, -0.2) is 35.3 Å². The molecule has 1 aliphatic rings. The number of amides is 1. The van der Waals surface area contributed by atoms with Gasteiger partial charge in [0.2, 0.25) is 5.96 Å². The number of benzene rings is 1. The molecule has 0 saturated carbocycles. The first kappa shape index (κ1) is 19.7. The molecule has 2 aromatic rings. The molecule has 1 amide bonds. The number of thiophene rings is 1. The Kier molecular flexibility index (Phi) is 7.31. The highest BCUT2D eigenvalue weighted by Gasteiger charge is 2.26. The summed E-state index contributed by atoms with van der Waals surface area (Å²) in [7, 11) is 0. The van der Waals surface area contributed by atoms with Crippen molar-refractivity contribution < 1.29 is 10.3 Å². The number of halogens is 3. The minimum absolute atomic E-state index is 0. The SMILES string of the molecule is Cl.O.O=C(c1cccs1)N1CCN=C1Nc1c(Cl)cccc1Cl. The Bertz CT molecular complexity index is 687. The largest absolute Gasteiger partial charge is 0.412 e. The first-order valence-electron chi connectivity index (χ1n) is 6.27. The van der Waals surface area contributed by atoms with Crippen LogP contribution in [0.15, 0.2) is 40.7 Å². The van der Waals surface area contributed by atoms with Gasteiger partial charge in [0, 0.05) is 6.54 Å². The van der Waals surface area contributed by atoms with Gasteiger partial charge in [-0.15, -0.1) is 23.7 Å². The standard InChI is InChI=1S/C14H11Cl2N3OS.ClH.H2O/c15-9-3-1-4-10(16)12(9)18-14-17-6-7-19(14)13(20)11-5-2-8-21-11;;/h1-5,8H,6-7H2,(H,17,18);1H;1H2. The number of guanidine groups is 1. The molecule has 0 unspecified atom stereocenters. The van der Waals surface area contributed by atoms with Gasteiger partial charge >= 0.3 is 0 Å². The average molecular weight is 395 g/mol. The number of nitrogens with zero attached hydrogens (tertiary/aromatic N) is 2. The van der Waals surface area contributed by atoms with Gasteiger partial charge in [0.15, 0.2) is 0 Å². The van der Waals surface area contributed by atoms with Crippen LogP contribution in [0.5, 0.6) is 0 Å². The Labute approximate surface area is 153 Å².